The SMILES string of the molecule is CC1(C)OC(O)C(N2CC(F)C(F)C2)=C1c1ccc(S(C)(=O)=O)cc1. The molecule has 0 aliphatic carbocycles. The summed E-state index contributed by atoms with van der Waals surface area (Å²) in [7, 11) is -3.33. The molecule has 0 radical (unpaired) electrons. The number of nitrogens with zero attached hydrogens (tertiary/aromatic N) is 1. The summed E-state index contributed by atoms with van der Waals surface area (Å²) in [5.41, 5.74) is 0.685. The number of halogens is 2. The van der Waals surface area contributed by atoms with Gasteiger partial charge in [-0.2, -0.15) is 0 Å². The van der Waals surface area contributed by atoms with Gasteiger partial charge in [-0.05, 0) is 31.5 Å². The Morgan fingerprint density at radius 2 is 1.68 bits per heavy atom. The van der Waals surface area contributed by atoms with Crippen molar-refractivity contribution < 1.29 is 27.0 Å². The molecule has 3 rings (SSSR count). The fraction of sp³-hybridized carbons (Fsp3) is 0.529. The van der Waals surface area contributed by atoms with Gasteiger partial charge in [-0.1, -0.05) is 12.1 Å². The molecule has 2 aliphatic heterocycles. The predicted molar refractivity (Wildman–Crippen MR) is 89.0 cm³/mol. The van der Waals surface area contributed by atoms with Crippen molar-refractivity contribution in [3.63, 3.8) is 0 Å². The van der Waals surface area contributed by atoms with Gasteiger partial charge in [0.05, 0.1) is 29.3 Å². The van der Waals surface area contributed by atoms with Crippen LogP contribution in [0.15, 0.2) is 34.9 Å². The van der Waals surface area contributed by atoms with Crippen LogP contribution in [0.3, 0.4) is 0 Å². The lowest BCUT2D eigenvalue weighted by Crippen LogP contribution is -2.28. The molecule has 1 N–H and O–H groups in total. The van der Waals surface area contributed by atoms with Gasteiger partial charge in [0.25, 0.3) is 0 Å². The lowest BCUT2D eigenvalue weighted by molar-refractivity contribution is -0.118. The standard InChI is InChI=1S/C17H21F2NO4S/c1-17(2)14(10-4-6-11(7-5-10)25(3,22)23)15(16(21)24-17)20-8-12(18)13(19)9-20/h4-7,12-13,16,21H,8-9H2,1-3H3. The van der Waals surface area contributed by atoms with E-state index in [4.69, 9.17) is 4.74 Å². The third kappa shape index (κ3) is 3.30. The number of hydrogen-bond acceptors (Lipinski definition) is 5. The Balaban J connectivity index is 2.08. The number of aliphatic hydroxyl groups is 1. The van der Waals surface area contributed by atoms with Crippen LogP contribution in [0.4, 0.5) is 8.78 Å². The van der Waals surface area contributed by atoms with Crippen LogP contribution in [-0.4, -0.2) is 62.0 Å². The molecule has 1 saturated heterocycles. The predicted octanol–water partition coefficient (Wildman–Crippen LogP) is 1.92. The van der Waals surface area contributed by atoms with E-state index in [1.807, 2.05) is 0 Å². The van der Waals surface area contributed by atoms with Crippen LogP contribution in [0.2, 0.25) is 0 Å². The van der Waals surface area contributed by atoms with E-state index >= 15 is 0 Å². The van der Waals surface area contributed by atoms with Crippen molar-refractivity contribution >= 4 is 15.4 Å². The van der Waals surface area contributed by atoms with Crippen molar-refractivity contribution in [3.05, 3.63) is 35.5 Å². The van der Waals surface area contributed by atoms with E-state index in [0.29, 0.717) is 16.8 Å². The summed E-state index contributed by atoms with van der Waals surface area (Å²) in [6.07, 6.45) is -3.40. The number of alkyl halides is 2. The zero-order chi connectivity index (χ0) is 18.6. The first kappa shape index (κ1) is 18.3. The molecule has 1 aromatic rings. The van der Waals surface area contributed by atoms with Crippen LogP contribution >= 0.6 is 0 Å². The fourth-order valence-electron chi connectivity index (χ4n) is 3.43. The Labute approximate surface area is 145 Å². The number of likely N-dealkylation sites (tertiary alicyclic amines) is 1. The maximum atomic E-state index is 13.6. The first-order valence-corrected chi connectivity index (χ1v) is 9.84. The van der Waals surface area contributed by atoms with Crippen LogP contribution in [-0.2, 0) is 14.6 Å². The van der Waals surface area contributed by atoms with Gasteiger partial charge in [-0.3, -0.25) is 0 Å². The monoisotopic (exact) mass is 373 g/mol. The number of benzene rings is 1. The fourth-order valence-corrected chi connectivity index (χ4v) is 4.06. The average molecular weight is 373 g/mol. The lowest BCUT2D eigenvalue weighted by atomic mass is 9.91. The Morgan fingerprint density at radius 1 is 1.16 bits per heavy atom. The molecule has 3 unspecified atom stereocenters. The zero-order valence-electron chi connectivity index (χ0n) is 14.2. The summed E-state index contributed by atoms with van der Waals surface area (Å²) < 4.78 is 56.1. The summed E-state index contributed by atoms with van der Waals surface area (Å²) in [5, 5.41) is 10.3. The molecule has 25 heavy (non-hydrogen) atoms. The number of sulfone groups is 1. The minimum Gasteiger partial charge on any atom is -0.364 e. The van der Waals surface area contributed by atoms with Crippen molar-refractivity contribution in [2.24, 2.45) is 0 Å². The number of ether oxygens (including phenoxy) is 1. The van der Waals surface area contributed by atoms with Crippen LogP contribution in [0.1, 0.15) is 19.4 Å². The largest absolute Gasteiger partial charge is 0.364 e. The number of aliphatic hydroxyl groups excluding tert-OH is 1. The number of rotatable bonds is 3. The van der Waals surface area contributed by atoms with Crippen LogP contribution in [0.25, 0.3) is 5.57 Å². The molecule has 0 spiro atoms. The highest BCUT2D eigenvalue weighted by Crippen LogP contribution is 2.44. The number of hydrogen-bond donors (Lipinski definition) is 1. The third-order valence-electron chi connectivity index (χ3n) is 4.59. The van der Waals surface area contributed by atoms with Gasteiger partial charge < -0.3 is 14.7 Å². The smallest absolute Gasteiger partial charge is 0.197 e. The van der Waals surface area contributed by atoms with Gasteiger partial charge >= 0.3 is 0 Å². The molecule has 0 amide bonds. The molecule has 5 nitrogen and oxygen atoms in total. The third-order valence-corrected chi connectivity index (χ3v) is 5.72. The minimum absolute atomic E-state index is 0.155. The molecule has 0 aromatic heterocycles. The van der Waals surface area contributed by atoms with Crippen LogP contribution in [0.5, 0.6) is 0 Å². The van der Waals surface area contributed by atoms with E-state index in [1.165, 1.54) is 17.0 Å². The lowest BCUT2D eigenvalue weighted by Gasteiger charge is -2.24. The summed E-state index contributed by atoms with van der Waals surface area (Å²) >= 11 is 0. The first-order valence-electron chi connectivity index (χ1n) is 7.95. The zero-order valence-corrected chi connectivity index (χ0v) is 15.1. The Morgan fingerprint density at radius 3 is 2.16 bits per heavy atom. The summed E-state index contributed by atoms with van der Waals surface area (Å²) in [4.78, 5) is 1.64. The highest BCUT2D eigenvalue weighted by molar-refractivity contribution is 7.90. The van der Waals surface area contributed by atoms with Gasteiger partial charge in [0.1, 0.15) is 0 Å². The Hall–Kier alpha value is -1.51. The van der Waals surface area contributed by atoms with Crippen molar-refractivity contribution in [2.45, 2.75) is 43.0 Å². The van der Waals surface area contributed by atoms with Crippen LogP contribution in [0, 0.1) is 0 Å². The second kappa shape index (κ2) is 6.03. The maximum absolute atomic E-state index is 13.6. The molecule has 8 heteroatoms. The normalized spacial score (nSPS) is 29.5. The highest BCUT2D eigenvalue weighted by Gasteiger charge is 2.46. The summed E-state index contributed by atoms with van der Waals surface area (Å²) in [5.74, 6) is 0. The molecule has 2 aliphatic rings. The Kier molecular flexibility index (Phi) is 4.41. The molecule has 138 valence electrons. The van der Waals surface area contributed by atoms with E-state index < -0.39 is 34.1 Å². The second-order valence-electron chi connectivity index (χ2n) is 6.97. The minimum atomic E-state index is -3.33. The van der Waals surface area contributed by atoms with E-state index in [1.54, 1.807) is 26.0 Å². The molecular formula is C17H21F2NO4S. The maximum Gasteiger partial charge on any atom is 0.197 e. The second-order valence-corrected chi connectivity index (χ2v) is 8.99. The Bertz CT molecular complexity index is 794. The molecule has 2 heterocycles. The molecule has 0 bridgehead atoms. The topological polar surface area (TPSA) is 66.8 Å². The highest BCUT2D eigenvalue weighted by atomic mass is 32.2. The van der Waals surface area contributed by atoms with Crippen molar-refractivity contribution in [1.82, 2.24) is 4.90 Å². The van der Waals surface area contributed by atoms with Gasteiger partial charge in [-0.15, -0.1) is 0 Å². The van der Waals surface area contributed by atoms with E-state index in [2.05, 4.69) is 0 Å². The molecule has 1 aromatic carbocycles. The van der Waals surface area contributed by atoms with Gasteiger partial charge in [0, 0.05) is 11.8 Å². The first-order chi connectivity index (χ1) is 11.5. The van der Waals surface area contributed by atoms with Gasteiger partial charge in [0.15, 0.2) is 28.5 Å². The molecule has 0 saturated carbocycles. The van der Waals surface area contributed by atoms with E-state index in [9.17, 15) is 22.3 Å². The van der Waals surface area contributed by atoms with Gasteiger partial charge in [-0.25, -0.2) is 17.2 Å². The van der Waals surface area contributed by atoms with Crippen molar-refractivity contribution in [2.75, 3.05) is 19.3 Å². The quantitative estimate of drug-likeness (QED) is 0.877. The average Bonchev–Trinajstić information content (AvgIpc) is 2.93. The summed E-state index contributed by atoms with van der Waals surface area (Å²) in [6.45, 7) is 3.19. The van der Waals surface area contributed by atoms with E-state index in [0.717, 1.165) is 6.26 Å². The molecule has 1 fully saturated rings. The van der Waals surface area contributed by atoms with Gasteiger partial charge in [0.2, 0.25) is 0 Å². The van der Waals surface area contributed by atoms with Crippen molar-refractivity contribution in [3.8, 4) is 0 Å². The van der Waals surface area contributed by atoms with Crippen molar-refractivity contribution in [1.29, 1.82) is 0 Å². The summed E-state index contributed by atoms with van der Waals surface area (Å²) in [6, 6.07) is 6.17. The van der Waals surface area contributed by atoms with Crippen LogP contribution < -0.4 is 0 Å². The molecule has 3 atom stereocenters. The van der Waals surface area contributed by atoms with E-state index in [-0.39, 0.29) is 18.0 Å². The molecular weight excluding hydrogens is 352 g/mol.